The van der Waals surface area contributed by atoms with E-state index >= 15 is 0 Å². The molecule has 29 heavy (non-hydrogen) atoms. The van der Waals surface area contributed by atoms with Crippen LogP contribution >= 0.6 is 0 Å². The number of nitrogens with zero attached hydrogens (tertiary/aromatic N) is 6. The van der Waals surface area contributed by atoms with Gasteiger partial charge in [0.25, 0.3) is 11.8 Å². The zero-order chi connectivity index (χ0) is 20.4. The van der Waals surface area contributed by atoms with Crippen LogP contribution in [0.1, 0.15) is 34.1 Å². The number of halogens is 1. The van der Waals surface area contributed by atoms with Crippen molar-refractivity contribution in [2.24, 2.45) is 0 Å². The van der Waals surface area contributed by atoms with Gasteiger partial charge in [-0.15, -0.1) is 0 Å². The first-order valence-electron chi connectivity index (χ1n) is 9.41. The average Bonchev–Trinajstić information content (AvgIpc) is 3.20. The number of amides is 1. The number of hydrogen-bond acceptors (Lipinski definition) is 8. The fourth-order valence-corrected chi connectivity index (χ4v) is 3.46. The first-order chi connectivity index (χ1) is 14.0. The Balaban J connectivity index is 1.40. The minimum Gasteiger partial charge on any atom is -0.361 e. The third-order valence-electron chi connectivity index (χ3n) is 4.95. The molecule has 9 nitrogen and oxygen atoms in total. The summed E-state index contributed by atoms with van der Waals surface area (Å²) in [6.07, 6.45) is 2.10. The summed E-state index contributed by atoms with van der Waals surface area (Å²) in [6.45, 7) is 6.56. The third kappa shape index (κ3) is 4.02. The van der Waals surface area contributed by atoms with E-state index in [-0.39, 0.29) is 11.5 Å². The first-order valence-corrected chi connectivity index (χ1v) is 9.41. The lowest BCUT2D eigenvalue weighted by atomic mass is 10.2. The van der Waals surface area contributed by atoms with Crippen LogP contribution in [0.15, 0.2) is 27.4 Å². The molecule has 4 rings (SSSR count). The number of hydrogen-bond donors (Lipinski definition) is 0. The van der Waals surface area contributed by atoms with Gasteiger partial charge in [0.15, 0.2) is 5.82 Å². The zero-order valence-electron chi connectivity index (χ0n) is 16.3. The van der Waals surface area contributed by atoms with Crippen molar-refractivity contribution in [3.8, 4) is 11.5 Å². The lowest BCUT2D eigenvalue weighted by molar-refractivity contribution is 0.0755. The van der Waals surface area contributed by atoms with E-state index in [0.717, 1.165) is 18.5 Å². The SMILES string of the molecule is Cc1noc(C)c1-c1nc(CN2CCCN(C(=O)c3cccnc3F)CC2)no1. The highest BCUT2D eigenvalue weighted by atomic mass is 19.1. The zero-order valence-corrected chi connectivity index (χ0v) is 16.3. The normalized spacial score (nSPS) is 15.5. The maximum atomic E-state index is 13.8. The van der Waals surface area contributed by atoms with E-state index in [0.29, 0.717) is 49.3 Å². The van der Waals surface area contributed by atoms with Gasteiger partial charge in [-0.3, -0.25) is 9.69 Å². The van der Waals surface area contributed by atoms with Gasteiger partial charge in [-0.1, -0.05) is 10.3 Å². The van der Waals surface area contributed by atoms with Gasteiger partial charge in [-0.25, -0.2) is 4.98 Å². The molecule has 3 aromatic rings. The van der Waals surface area contributed by atoms with E-state index in [2.05, 4.69) is 25.2 Å². The molecular weight excluding hydrogens is 379 g/mol. The molecule has 0 aliphatic carbocycles. The average molecular weight is 400 g/mol. The Bertz CT molecular complexity index is 998. The molecule has 0 aromatic carbocycles. The molecule has 10 heteroatoms. The van der Waals surface area contributed by atoms with Gasteiger partial charge in [0.1, 0.15) is 11.3 Å². The van der Waals surface area contributed by atoms with E-state index in [4.69, 9.17) is 9.05 Å². The number of pyridine rings is 1. The van der Waals surface area contributed by atoms with E-state index in [1.807, 2.05) is 6.92 Å². The van der Waals surface area contributed by atoms with Crippen LogP contribution in [-0.2, 0) is 6.54 Å². The molecule has 1 amide bonds. The molecular formula is C19H21FN6O3. The molecule has 1 aliphatic heterocycles. The van der Waals surface area contributed by atoms with E-state index in [1.54, 1.807) is 17.9 Å². The monoisotopic (exact) mass is 400 g/mol. The van der Waals surface area contributed by atoms with Gasteiger partial charge in [0.2, 0.25) is 5.95 Å². The summed E-state index contributed by atoms with van der Waals surface area (Å²) < 4.78 is 24.3. The summed E-state index contributed by atoms with van der Waals surface area (Å²) in [5, 5.41) is 7.96. The molecule has 4 heterocycles. The van der Waals surface area contributed by atoms with Gasteiger partial charge in [0.05, 0.1) is 17.8 Å². The highest BCUT2D eigenvalue weighted by molar-refractivity contribution is 5.94. The Morgan fingerprint density at radius 2 is 2.03 bits per heavy atom. The smallest absolute Gasteiger partial charge is 0.263 e. The minimum absolute atomic E-state index is 0.00298. The Morgan fingerprint density at radius 3 is 2.79 bits per heavy atom. The van der Waals surface area contributed by atoms with Gasteiger partial charge >= 0.3 is 0 Å². The number of rotatable bonds is 4. The fourth-order valence-electron chi connectivity index (χ4n) is 3.46. The molecule has 0 spiro atoms. The highest BCUT2D eigenvalue weighted by Gasteiger charge is 2.24. The Morgan fingerprint density at radius 1 is 1.17 bits per heavy atom. The van der Waals surface area contributed by atoms with Crippen molar-refractivity contribution in [3.05, 3.63) is 47.1 Å². The molecule has 1 aliphatic rings. The van der Waals surface area contributed by atoms with Crippen LogP contribution in [0.4, 0.5) is 4.39 Å². The van der Waals surface area contributed by atoms with Gasteiger partial charge in [0, 0.05) is 32.4 Å². The fraction of sp³-hybridized carbons (Fsp3) is 0.421. The number of carbonyl (C=O) groups excluding carboxylic acids is 1. The molecule has 0 atom stereocenters. The number of carbonyl (C=O) groups is 1. The van der Waals surface area contributed by atoms with E-state index in [9.17, 15) is 9.18 Å². The van der Waals surface area contributed by atoms with E-state index in [1.165, 1.54) is 12.3 Å². The van der Waals surface area contributed by atoms with Crippen molar-refractivity contribution in [1.82, 2.24) is 30.1 Å². The van der Waals surface area contributed by atoms with Crippen molar-refractivity contribution in [3.63, 3.8) is 0 Å². The van der Waals surface area contributed by atoms with Crippen LogP contribution in [0.3, 0.4) is 0 Å². The first kappa shape index (κ1) is 19.2. The van der Waals surface area contributed by atoms with Crippen LogP contribution in [0.5, 0.6) is 0 Å². The number of aromatic nitrogens is 4. The molecule has 1 saturated heterocycles. The predicted molar refractivity (Wildman–Crippen MR) is 99.3 cm³/mol. The summed E-state index contributed by atoms with van der Waals surface area (Å²) in [5.41, 5.74) is 1.42. The van der Waals surface area contributed by atoms with Crippen molar-refractivity contribution < 1.29 is 18.2 Å². The van der Waals surface area contributed by atoms with Crippen LogP contribution in [0.2, 0.25) is 0 Å². The van der Waals surface area contributed by atoms with Crippen molar-refractivity contribution in [2.75, 3.05) is 26.2 Å². The third-order valence-corrected chi connectivity index (χ3v) is 4.95. The standard InChI is InChI=1S/C19H21FN6O3/c1-12-16(13(2)28-23-12)18-22-15(24-29-18)11-25-7-4-8-26(10-9-25)19(27)14-5-3-6-21-17(14)20/h3,5-6H,4,7-11H2,1-2H3. The molecule has 0 radical (unpaired) electrons. The largest absolute Gasteiger partial charge is 0.361 e. The molecule has 0 N–H and O–H groups in total. The van der Waals surface area contributed by atoms with Gasteiger partial charge in [-0.05, 0) is 32.4 Å². The Hall–Kier alpha value is -3.14. The second-order valence-corrected chi connectivity index (χ2v) is 6.98. The second-order valence-electron chi connectivity index (χ2n) is 6.98. The maximum Gasteiger partial charge on any atom is 0.263 e. The van der Waals surface area contributed by atoms with Crippen molar-refractivity contribution in [2.45, 2.75) is 26.8 Å². The second kappa shape index (κ2) is 8.08. The molecule has 1 fully saturated rings. The van der Waals surface area contributed by atoms with E-state index < -0.39 is 5.95 Å². The quantitative estimate of drug-likeness (QED) is 0.615. The number of aryl methyl sites for hydroxylation is 2. The van der Waals surface area contributed by atoms with Gasteiger partial charge < -0.3 is 13.9 Å². The van der Waals surface area contributed by atoms with Crippen molar-refractivity contribution >= 4 is 5.91 Å². The van der Waals surface area contributed by atoms with Crippen LogP contribution < -0.4 is 0 Å². The lowest BCUT2D eigenvalue weighted by Crippen LogP contribution is -2.35. The Labute approximate surface area is 166 Å². The summed E-state index contributed by atoms with van der Waals surface area (Å²) in [6, 6.07) is 3.02. The summed E-state index contributed by atoms with van der Waals surface area (Å²) in [4.78, 5) is 24.4. The Kier molecular flexibility index (Phi) is 5.34. The van der Waals surface area contributed by atoms with Crippen LogP contribution in [-0.4, -0.2) is 62.2 Å². The molecule has 3 aromatic heterocycles. The minimum atomic E-state index is -0.739. The van der Waals surface area contributed by atoms with Gasteiger partial charge in [-0.2, -0.15) is 9.37 Å². The predicted octanol–water partition coefficient (Wildman–Crippen LogP) is 2.22. The highest BCUT2D eigenvalue weighted by Crippen LogP contribution is 2.25. The topological polar surface area (TPSA) is 101 Å². The lowest BCUT2D eigenvalue weighted by Gasteiger charge is -2.21. The molecule has 0 unspecified atom stereocenters. The molecule has 152 valence electrons. The maximum absolute atomic E-state index is 13.8. The van der Waals surface area contributed by atoms with Crippen molar-refractivity contribution in [1.29, 1.82) is 0 Å². The molecule has 0 saturated carbocycles. The summed E-state index contributed by atoms with van der Waals surface area (Å²) >= 11 is 0. The molecule has 0 bridgehead atoms. The van der Waals surface area contributed by atoms with Crippen LogP contribution in [0.25, 0.3) is 11.5 Å². The summed E-state index contributed by atoms with van der Waals surface area (Å²) in [7, 11) is 0. The van der Waals surface area contributed by atoms with Crippen LogP contribution in [0, 0.1) is 19.8 Å². The summed E-state index contributed by atoms with van der Waals surface area (Å²) in [5.74, 6) is 0.493.